The molecule has 0 amide bonds. The number of carboxylic acid groups (broad SMARTS) is 1. The fourth-order valence-corrected chi connectivity index (χ4v) is 1.52. The highest BCUT2D eigenvalue weighted by Crippen LogP contribution is 1.94. The van der Waals surface area contributed by atoms with Crippen LogP contribution < -0.4 is 5.32 Å². The molecule has 126 valence electrons. The minimum Gasteiger partial charge on any atom is -0.480 e. The zero-order chi connectivity index (χ0) is 15.8. The normalized spacial score (nSPS) is 12.5. The predicted octanol–water partition coefficient (Wildman–Crippen LogP) is 0.526. The highest BCUT2D eigenvalue weighted by atomic mass is 16.6. The van der Waals surface area contributed by atoms with E-state index in [9.17, 15) is 4.79 Å². The molecule has 7 heteroatoms. The maximum atomic E-state index is 11.0. The number of ether oxygens (including phenoxy) is 4. The second-order valence-corrected chi connectivity index (χ2v) is 4.46. The van der Waals surface area contributed by atoms with E-state index in [0.717, 1.165) is 6.42 Å². The van der Waals surface area contributed by atoms with Gasteiger partial charge in [0.1, 0.15) is 6.04 Å². The predicted molar refractivity (Wildman–Crippen MR) is 78.7 cm³/mol. The first-order chi connectivity index (χ1) is 10.2. The number of nitrogens with one attached hydrogen (secondary N) is 1. The van der Waals surface area contributed by atoms with E-state index >= 15 is 0 Å². The van der Waals surface area contributed by atoms with E-state index in [-0.39, 0.29) is 0 Å². The molecule has 1 unspecified atom stereocenters. The molecular formula is C14H29NO6. The number of hydrogen-bond donors (Lipinski definition) is 2. The van der Waals surface area contributed by atoms with Crippen LogP contribution in [-0.2, 0) is 23.7 Å². The van der Waals surface area contributed by atoms with Gasteiger partial charge in [0.05, 0.1) is 39.6 Å². The SMILES string of the molecule is CCCNC(CCOCCOCCOCCOC)C(=O)O. The maximum Gasteiger partial charge on any atom is 0.320 e. The first-order valence-corrected chi connectivity index (χ1v) is 7.40. The van der Waals surface area contributed by atoms with Gasteiger partial charge in [0.25, 0.3) is 0 Å². The first kappa shape index (κ1) is 20.3. The Bertz CT molecular complexity index is 240. The fraction of sp³-hybridized carbons (Fsp3) is 0.929. The standard InChI is InChI=1S/C14H29NO6/c1-3-5-15-13(14(16)17)4-6-19-9-10-21-12-11-20-8-7-18-2/h13,15H,3-12H2,1-2H3,(H,16,17). The fourth-order valence-electron chi connectivity index (χ4n) is 1.52. The molecule has 0 aliphatic carbocycles. The molecule has 0 heterocycles. The molecule has 0 aromatic heterocycles. The van der Waals surface area contributed by atoms with Crippen molar-refractivity contribution < 1.29 is 28.8 Å². The van der Waals surface area contributed by atoms with E-state index in [0.29, 0.717) is 59.2 Å². The molecule has 0 radical (unpaired) electrons. The van der Waals surface area contributed by atoms with Gasteiger partial charge in [-0.3, -0.25) is 4.79 Å². The molecule has 21 heavy (non-hydrogen) atoms. The zero-order valence-corrected chi connectivity index (χ0v) is 13.1. The Morgan fingerprint density at radius 3 is 2.00 bits per heavy atom. The summed E-state index contributed by atoms with van der Waals surface area (Å²) in [5, 5.41) is 12.0. The summed E-state index contributed by atoms with van der Waals surface area (Å²) in [6.07, 6.45) is 1.36. The monoisotopic (exact) mass is 307 g/mol. The van der Waals surface area contributed by atoms with Gasteiger partial charge < -0.3 is 29.4 Å². The Morgan fingerprint density at radius 1 is 1.00 bits per heavy atom. The molecule has 0 bridgehead atoms. The average molecular weight is 307 g/mol. The van der Waals surface area contributed by atoms with Crippen LogP contribution >= 0.6 is 0 Å². The molecule has 0 aromatic rings. The maximum absolute atomic E-state index is 11.0. The van der Waals surface area contributed by atoms with E-state index in [1.165, 1.54) is 0 Å². The van der Waals surface area contributed by atoms with Gasteiger partial charge in [-0.15, -0.1) is 0 Å². The van der Waals surface area contributed by atoms with Crippen LogP contribution in [0, 0.1) is 0 Å². The molecule has 0 saturated heterocycles. The number of rotatable bonds is 16. The lowest BCUT2D eigenvalue weighted by molar-refractivity contribution is -0.140. The lowest BCUT2D eigenvalue weighted by Gasteiger charge is -2.13. The zero-order valence-electron chi connectivity index (χ0n) is 13.1. The molecule has 0 fully saturated rings. The van der Waals surface area contributed by atoms with Crippen molar-refractivity contribution in [2.24, 2.45) is 0 Å². The van der Waals surface area contributed by atoms with Gasteiger partial charge in [0, 0.05) is 13.7 Å². The Kier molecular flexibility index (Phi) is 15.1. The third kappa shape index (κ3) is 14.0. The van der Waals surface area contributed by atoms with E-state index in [2.05, 4.69) is 5.32 Å². The molecule has 2 N–H and O–H groups in total. The van der Waals surface area contributed by atoms with E-state index in [4.69, 9.17) is 24.1 Å². The van der Waals surface area contributed by atoms with Crippen LogP contribution in [0.4, 0.5) is 0 Å². The Labute approximate surface area is 126 Å². The smallest absolute Gasteiger partial charge is 0.320 e. The van der Waals surface area contributed by atoms with Gasteiger partial charge in [-0.05, 0) is 19.4 Å². The molecule has 0 rings (SSSR count). The summed E-state index contributed by atoms with van der Waals surface area (Å²) in [6.45, 7) is 6.24. The van der Waals surface area contributed by atoms with Crippen LogP contribution in [0.5, 0.6) is 0 Å². The van der Waals surface area contributed by atoms with Crippen LogP contribution in [0.25, 0.3) is 0 Å². The van der Waals surface area contributed by atoms with Gasteiger partial charge in [-0.1, -0.05) is 6.92 Å². The molecule has 0 aliphatic heterocycles. The van der Waals surface area contributed by atoms with E-state index in [1.807, 2.05) is 6.92 Å². The Morgan fingerprint density at radius 2 is 1.52 bits per heavy atom. The van der Waals surface area contributed by atoms with Crippen molar-refractivity contribution in [2.75, 3.05) is 59.9 Å². The minimum atomic E-state index is -0.837. The van der Waals surface area contributed by atoms with Crippen molar-refractivity contribution in [1.82, 2.24) is 5.32 Å². The van der Waals surface area contributed by atoms with Crippen molar-refractivity contribution in [3.63, 3.8) is 0 Å². The summed E-state index contributed by atoms with van der Waals surface area (Å²) in [5.41, 5.74) is 0. The lowest BCUT2D eigenvalue weighted by Crippen LogP contribution is -2.38. The molecule has 7 nitrogen and oxygen atoms in total. The van der Waals surface area contributed by atoms with Crippen molar-refractivity contribution in [3.8, 4) is 0 Å². The summed E-state index contributed by atoms with van der Waals surface area (Å²) in [4.78, 5) is 11.0. The summed E-state index contributed by atoms with van der Waals surface area (Å²) in [5.74, 6) is -0.837. The lowest BCUT2D eigenvalue weighted by atomic mass is 10.2. The molecule has 1 atom stereocenters. The van der Waals surface area contributed by atoms with Crippen LogP contribution in [0.1, 0.15) is 19.8 Å². The van der Waals surface area contributed by atoms with Gasteiger partial charge in [0.15, 0.2) is 0 Å². The van der Waals surface area contributed by atoms with Crippen LogP contribution in [-0.4, -0.2) is 77.0 Å². The summed E-state index contributed by atoms with van der Waals surface area (Å²) >= 11 is 0. The highest BCUT2D eigenvalue weighted by molar-refractivity contribution is 5.73. The third-order valence-electron chi connectivity index (χ3n) is 2.67. The second kappa shape index (κ2) is 15.7. The van der Waals surface area contributed by atoms with Crippen LogP contribution in [0.15, 0.2) is 0 Å². The van der Waals surface area contributed by atoms with Crippen molar-refractivity contribution >= 4 is 5.97 Å². The van der Waals surface area contributed by atoms with Gasteiger partial charge in [-0.25, -0.2) is 0 Å². The minimum absolute atomic E-state index is 0.404. The third-order valence-corrected chi connectivity index (χ3v) is 2.67. The van der Waals surface area contributed by atoms with Crippen molar-refractivity contribution in [1.29, 1.82) is 0 Å². The molecule has 0 saturated carbocycles. The van der Waals surface area contributed by atoms with Gasteiger partial charge >= 0.3 is 5.97 Å². The summed E-state index contributed by atoms with van der Waals surface area (Å²) in [6, 6.07) is -0.542. The molecular weight excluding hydrogens is 278 g/mol. The van der Waals surface area contributed by atoms with Gasteiger partial charge in [0.2, 0.25) is 0 Å². The van der Waals surface area contributed by atoms with Crippen molar-refractivity contribution in [3.05, 3.63) is 0 Å². The first-order valence-electron chi connectivity index (χ1n) is 7.40. The average Bonchev–Trinajstić information content (AvgIpc) is 2.47. The van der Waals surface area contributed by atoms with Crippen molar-refractivity contribution in [2.45, 2.75) is 25.8 Å². The number of methoxy groups -OCH3 is 1. The summed E-state index contributed by atoms with van der Waals surface area (Å²) < 4.78 is 20.7. The highest BCUT2D eigenvalue weighted by Gasteiger charge is 2.15. The van der Waals surface area contributed by atoms with E-state index in [1.54, 1.807) is 7.11 Å². The number of carbonyl (C=O) groups is 1. The molecule has 0 aliphatic rings. The quantitative estimate of drug-likeness (QED) is 0.402. The number of hydrogen-bond acceptors (Lipinski definition) is 6. The topological polar surface area (TPSA) is 86.3 Å². The largest absolute Gasteiger partial charge is 0.480 e. The molecule has 0 aromatic carbocycles. The summed E-state index contributed by atoms with van der Waals surface area (Å²) in [7, 11) is 1.63. The number of carboxylic acids is 1. The number of aliphatic carboxylic acids is 1. The van der Waals surface area contributed by atoms with Crippen LogP contribution in [0.3, 0.4) is 0 Å². The van der Waals surface area contributed by atoms with Gasteiger partial charge in [-0.2, -0.15) is 0 Å². The van der Waals surface area contributed by atoms with E-state index < -0.39 is 12.0 Å². The Hall–Kier alpha value is -0.730. The molecule has 0 spiro atoms. The Balaban J connectivity index is 3.31. The second-order valence-electron chi connectivity index (χ2n) is 4.46. The van der Waals surface area contributed by atoms with Crippen LogP contribution in [0.2, 0.25) is 0 Å².